The van der Waals surface area contributed by atoms with Gasteiger partial charge in [-0.05, 0) is 25.1 Å². The first kappa shape index (κ1) is 13.9. The standard InChI is InChI=1S/C14H16N2O4/c1-3-20-10-5-4-9-6-12(15-11(9)7-10)14(19)16(2)8-13(17)18/h4-7,15H,3,8H2,1-2H3,(H,17,18). The first-order chi connectivity index (χ1) is 9.51. The molecule has 0 saturated carbocycles. The summed E-state index contributed by atoms with van der Waals surface area (Å²) in [6, 6.07) is 7.19. The van der Waals surface area contributed by atoms with Gasteiger partial charge in [0, 0.05) is 24.0 Å². The lowest BCUT2D eigenvalue weighted by molar-refractivity contribution is -0.137. The minimum Gasteiger partial charge on any atom is -0.494 e. The molecule has 1 amide bonds. The van der Waals surface area contributed by atoms with Crippen molar-refractivity contribution in [2.45, 2.75) is 6.92 Å². The maximum absolute atomic E-state index is 12.1. The van der Waals surface area contributed by atoms with Gasteiger partial charge < -0.3 is 19.7 Å². The van der Waals surface area contributed by atoms with Crippen molar-refractivity contribution in [1.82, 2.24) is 9.88 Å². The number of benzene rings is 1. The van der Waals surface area contributed by atoms with Crippen molar-refractivity contribution in [3.05, 3.63) is 30.0 Å². The van der Waals surface area contributed by atoms with E-state index in [0.29, 0.717) is 12.3 Å². The molecule has 0 aliphatic rings. The third-order valence-electron chi connectivity index (χ3n) is 2.85. The van der Waals surface area contributed by atoms with Crippen molar-refractivity contribution in [3.8, 4) is 5.75 Å². The van der Waals surface area contributed by atoms with Crippen molar-refractivity contribution in [2.24, 2.45) is 0 Å². The molecule has 6 heteroatoms. The van der Waals surface area contributed by atoms with Crippen molar-refractivity contribution in [3.63, 3.8) is 0 Å². The molecule has 2 N–H and O–H groups in total. The maximum Gasteiger partial charge on any atom is 0.323 e. The molecule has 0 aliphatic heterocycles. The SMILES string of the molecule is CCOc1ccc2cc(C(=O)N(C)CC(=O)O)[nH]c2c1. The third kappa shape index (κ3) is 2.90. The molecular formula is C14H16N2O4. The number of carboxylic acid groups (broad SMARTS) is 1. The van der Waals surface area contributed by atoms with E-state index in [9.17, 15) is 9.59 Å². The Kier molecular flexibility index (Phi) is 3.93. The highest BCUT2D eigenvalue weighted by atomic mass is 16.5. The molecule has 0 saturated heterocycles. The number of aliphatic carboxylic acids is 1. The Bertz CT molecular complexity index is 648. The molecule has 0 fully saturated rings. The Hall–Kier alpha value is -2.50. The molecule has 106 valence electrons. The summed E-state index contributed by atoms with van der Waals surface area (Å²) in [6.07, 6.45) is 0. The summed E-state index contributed by atoms with van der Waals surface area (Å²) >= 11 is 0. The zero-order valence-electron chi connectivity index (χ0n) is 11.3. The van der Waals surface area contributed by atoms with Gasteiger partial charge in [0.2, 0.25) is 0 Å². The van der Waals surface area contributed by atoms with Crippen LogP contribution in [0.2, 0.25) is 0 Å². The number of H-pyrrole nitrogens is 1. The van der Waals surface area contributed by atoms with Crippen LogP contribution in [-0.2, 0) is 4.79 Å². The number of nitrogens with zero attached hydrogens (tertiary/aromatic N) is 1. The van der Waals surface area contributed by atoms with Gasteiger partial charge >= 0.3 is 5.97 Å². The first-order valence-corrected chi connectivity index (χ1v) is 6.24. The molecular weight excluding hydrogens is 260 g/mol. The Morgan fingerprint density at radius 2 is 2.10 bits per heavy atom. The average Bonchev–Trinajstić information content (AvgIpc) is 2.80. The molecule has 1 heterocycles. The van der Waals surface area contributed by atoms with Gasteiger partial charge in [0.05, 0.1) is 6.61 Å². The Labute approximate surface area is 116 Å². The van der Waals surface area contributed by atoms with Crippen LogP contribution in [0.3, 0.4) is 0 Å². The summed E-state index contributed by atoms with van der Waals surface area (Å²) in [6.45, 7) is 2.13. The molecule has 0 radical (unpaired) electrons. The highest BCUT2D eigenvalue weighted by Crippen LogP contribution is 2.22. The van der Waals surface area contributed by atoms with Crippen molar-refractivity contribution < 1.29 is 19.4 Å². The summed E-state index contributed by atoms with van der Waals surface area (Å²) in [5, 5.41) is 9.57. The predicted octanol–water partition coefficient (Wildman–Crippen LogP) is 1.72. The van der Waals surface area contributed by atoms with E-state index in [1.165, 1.54) is 7.05 Å². The van der Waals surface area contributed by atoms with E-state index >= 15 is 0 Å². The molecule has 2 rings (SSSR count). The van der Waals surface area contributed by atoms with Gasteiger partial charge in [-0.25, -0.2) is 0 Å². The van der Waals surface area contributed by atoms with Crippen LogP contribution in [0.15, 0.2) is 24.3 Å². The molecule has 0 unspecified atom stereocenters. The Morgan fingerprint density at radius 1 is 1.35 bits per heavy atom. The summed E-state index contributed by atoms with van der Waals surface area (Å²) in [5.41, 5.74) is 1.14. The van der Waals surface area contributed by atoms with Gasteiger partial charge in [-0.3, -0.25) is 9.59 Å². The molecule has 2 aromatic rings. The largest absolute Gasteiger partial charge is 0.494 e. The minimum atomic E-state index is -1.05. The lowest BCUT2D eigenvalue weighted by Gasteiger charge is -2.12. The number of carbonyl (C=O) groups is 2. The monoisotopic (exact) mass is 276 g/mol. The second kappa shape index (κ2) is 5.64. The summed E-state index contributed by atoms with van der Waals surface area (Å²) in [7, 11) is 1.45. The van der Waals surface area contributed by atoms with E-state index in [-0.39, 0.29) is 12.5 Å². The highest BCUT2D eigenvalue weighted by Gasteiger charge is 2.16. The number of amides is 1. The minimum absolute atomic E-state index is 0.335. The van der Waals surface area contributed by atoms with E-state index in [1.54, 1.807) is 6.07 Å². The predicted molar refractivity (Wildman–Crippen MR) is 74.1 cm³/mol. The second-order valence-corrected chi connectivity index (χ2v) is 4.42. The number of likely N-dealkylation sites (N-methyl/N-ethyl adjacent to an activating group) is 1. The van der Waals surface area contributed by atoms with Crippen LogP contribution in [0, 0.1) is 0 Å². The van der Waals surface area contributed by atoms with E-state index in [2.05, 4.69) is 4.98 Å². The normalized spacial score (nSPS) is 10.5. The topological polar surface area (TPSA) is 82.6 Å². The van der Waals surface area contributed by atoms with Gasteiger partial charge in [0.25, 0.3) is 5.91 Å². The van der Waals surface area contributed by atoms with Crippen LogP contribution in [0.4, 0.5) is 0 Å². The molecule has 0 bridgehead atoms. The van der Waals surface area contributed by atoms with Gasteiger partial charge in [-0.15, -0.1) is 0 Å². The zero-order valence-corrected chi connectivity index (χ0v) is 11.3. The number of fused-ring (bicyclic) bond motifs is 1. The molecule has 0 atom stereocenters. The number of carbonyl (C=O) groups excluding carboxylic acids is 1. The number of hydrogen-bond acceptors (Lipinski definition) is 3. The van der Waals surface area contributed by atoms with Gasteiger partial charge in [-0.1, -0.05) is 0 Å². The van der Waals surface area contributed by atoms with E-state index < -0.39 is 5.97 Å². The lowest BCUT2D eigenvalue weighted by atomic mass is 10.2. The number of carboxylic acids is 1. The van der Waals surface area contributed by atoms with Crippen LogP contribution in [0.25, 0.3) is 10.9 Å². The summed E-state index contributed by atoms with van der Waals surface area (Å²) < 4.78 is 5.39. The van der Waals surface area contributed by atoms with Gasteiger partial charge in [0.1, 0.15) is 18.0 Å². The number of nitrogens with one attached hydrogen (secondary N) is 1. The van der Waals surface area contributed by atoms with Crippen molar-refractivity contribution in [1.29, 1.82) is 0 Å². The Balaban J connectivity index is 2.27. The lowest BCUT2D eigenvalue weighted by Crippen LogP contribution is -2.32. The Morgan fingerprint density at radius 3 is 2.75 bits per heavy atom. The zero-order chi connectivity index (χ0) is 14.7. The molecule has 1 aromatic heterocycles. The number of rotatable bonds is 5. The third-order valence-corrected chi connectivity index (χ3v) is 2.85. The maximum atomic E-state index is 12.1. The number of ether oxygens (including phenoxy) is 1. The highest BCUT2D eigenvalue weighted by molar-refractivity contribution is 5.99. The van der Waals surface area contributed by atoms with Crippen LogP contribution < -0.4 is 4.74 Å². The average molecular weight is 276 g/mol. The fourth-order valence-corrected chi connectivity index (χ4v) is 1.96. The van der Waals surface area contributed by atoms with E-state index in [1.807, 2.05) is 25.1 Å². The molecule has 0 spiro atoms. The summed E-state index contributed by atoms with van der Waals surface area (Å²) in [4.78, 5) is 26.8. The fraction of sp³-hybridized carbons (Fsp3) is 0.286. The second-order valence-electron chi connectivity index (χ2n) is 4.42. The number of aromatic amines is 1. The quantitative estimate of drug-likeness (QED) is 0.871. The van der Waals surface area contributed by atoms with Crippen molar-refractivity contribution >= 4 is 22.8 Å². The van der Waals surface area contributed by atoms with Crippen LogP contribution in [0.1, 0.15) is 17.4 Å². The molecule has 1 aromatic carbocycles. The van der Waals surface area contributed by atoms with Crippen molar-refractivity contribution in [2.75, 3.05) is 20.2 Å². The first-order valence-electron chi connectivity index (χ1n) is 6.24. The van der Waals surface area contributed by atoms with Crippen LogP contribution >= 0.6 is 0 Å². The van der Waals surface area contributed by atoms with Crippen LogP contribution in [0.5, 0.6) is 5.75 Å². The number of aromatic nitrogens is 1. The summed E-state index contributed by atoms with van der Waals surface area (Å²) in [5.74, 6) is -0.683. The molecule has 0 aliphatic carbocycles. The fourth-order valence-electron chi connectivity index (χ4n) is 1.96. The van der Waals surface area contributed by atoms with Crippen LogP contribution in [-0.4, -0.2) is 47.1 Å². The van der Waals surface area contributed by atoms with Gasteiger partial charge in [0.15, 0.2) is 0 Å². The van der Waals surface area contributed by atoms with E-state index in [0.717, 1.165) is 21.6 Å². The number of hydrogen-bond donors (Lipinski definition) is 2. The van der Waals surface area contributed by atoms with Gasteiger partial charge in [-0.2, -0.15) is 0 Å². The molecule has 6 nitrogen and oxygen atoms in total. The van der Waals surface area contributed by atoms with E-state index in [4.69, 9.17) is 9.84 Å². The molecule has 20 heavy (non-hydrogen) atoms. The smallest absolute Gasteiger partial charge is 0.323 e.